The van der Waals surface area contributed by atoms with E-state index in [9.17, 15) is 9.59 Å². The predicted octanol–water partition coefficient (Wildman–Crippen LogP) is 3.62. The van der Waals surface area contributed by atoms with E-state index in [0.717, 1.165) is 11.1 Å². The van der Waals surface area contributed by atoms with Crippen molar-refractivity contribution in [1.29, 1.82) is 0 Å². The maximum absolute atomic E-state index is 11.8. The van der Waals surface area contributed by atoms with Gasteiger partial charge in [-0.05, 0) is 35.6 Å². The Balaban J connectivity index is 1.56. The summed E-state index contributed by atoms with van der Waals surface area (Å²) in [6, 6.07) is 16.7. The molecule has 1 fully saturated rings. The van der Waals surface area contributed by atoms with Gasteiger partial charge in [-0.2, -0.15) is 0 Å². The van der Waals surface area contributed by atoms with Gasteiger partial charge in [0, 0.05) is 5.69 Å². The third-order valence-corrected chi connectivity index (χ3v) is 3.88. The molecule has 0 spiro atoms. The quantitative estimate of drug-likeness (QED) is 0.884. The fraction of sp³-hybridized carbons (Fsp3) is 0.222. The van der Waals surface area contributed by atoms with Gasteiger partial charge in [-0.25, -0.2) is 4.79 Å². The molecule has 3 rings (SSSR count). The highest BCUT2D eigenvalue weighted by Crippen LogP contribution is 2.47. The summed E-state index contributed by atoms with van der Waals surface area (Å²) >= 11 is 0. The molecule has 0 bridgehead atoms. The molecule has 0 aromatic heterocycles. The lowest BCUT2D eigenvalue weighted by molar-refractivity contribution is -0.138. The Labute approximate surface area is 133 Å². The van der Waals surface area contributed by atoms with Crippen molar-refractivity contribution in [3.63, 3.8) is 0 Å². The van der Waals surface area contributed by atoms with E-state index in [-0.39, 0.29) is 18.4 Å². The second-order valence-electron chi connectivity index (χ2n) is 5.60. The van der Waals surface area contributed by atoms with Crippen molar-refractivity contribution in [2.45, 2.75) is 18.9 Å². The van der Waals surface area contributed by atoms with Crippen molar-refractivity contribution in [2.24, 2.45) is 5.92 Å². The van der Waals surface area contributed by atoms with E-state index in [2.05, 4.69) is 5.32 Å². The van der Waals surface area contributed by atoms with Crippen LogP contribution in [0.2, 0.25) is 0 Å². The Kier molecular flexibility index (Phi) is 4.28. The lowest BCUT2D eigenvalue weighted by atomic mass is 10.1. The number of rotatable bonds is 5. The summed E-state index contributed by atoms with van der Waals surface area (Å²) < 4.78 is 5.16. The second kappa shape index (κ2) is 6.52. The Bertz CT molecular complexity index is 714. The molecule has 23 heavy (non-hydrogen) atoms. The van der Waals surface area contributed by atoms with E-state index in [0.29, 0.717) is 12.1 Å². The van der Waals surface area contributed by atoms with Crippen LogP contribution in [0, 0.1) is 5.92 Å². The van der Waals surface area contributed by atoms with Gasteiger partial charge in [0.25, 0.3) is 0 Å². The highest BCUT2D eigenvalue weighted by Gasteiger charge is 2.44. The molecule has 1 saturated carbocycles. The number of aliphatic carboxylic acids is 1. The van der Waals surface area contributed by atoms with Gasteiger partial charge in [0.15, 0.2) is 0 Å². The fourth-order valence-corrected chi connectivity index (χ4v) is 2.56. The first-order chi connectivity index (χ1) is 11.1. The van der Waals surface area contributed by atoms with Crippen LogP contribution in [0.1, 0.15) is 23.5 Å². The summed E-state index contributed by atoms with van der Waals surface area (Å²) in [6.07, 6.45) is 0.119. The molecule has 0 radical (unpaired) electrons. The summed E-state index contributed by atoms with van der Waals surface area (Å²) in [4.78, 5) is 22.8. The molecule has 2 aromatic carbocycles. The Morgan fingerprint density at radius 3 is 2.61 bits per heavy atom. The monoisotopic (exact) mass is 311 g/mol. The lowest BCUT2D eigenvalue weighted by Crippen LogP contribution is -2.13. The van der Waals surface area contributed by atoms with E-state index in [4.69, 9.17) is 9.84 Å². The van der Waals surface area contributed by atoms with Crippen molar-refractivity contribution in [3.8, 4) is 0 Å². The number of carbonyl (C=O) groups is 2. The Morgan fingerprint density at radius 2 is 1.91 bits per heavy atom. The summed E-state index contributed by atoms with van der Waals surface area (Å²) in [5.74, 6) is -1.04. The first-order valence-corrected chi connectivity index (χ1v) is 7.44. The van der Waals surface area contributed by atoms with Crippen LogP contribution in [0.5, 0.6) is 0 Å². The average Bonchev–Trinajstić information content (AvgIpc) is 3.35. The third-order valence-electron chi connectivity index (χ3n) is 3.88. The van der Waals surface area contributed by atoms with Crippen LogP contribution >= 0.6 is 0 Å². The SMILES string of the molecule is O=C(Nc1cccc(C2CC2C(=O)O)c1)OCc1ccccc1. The van der Waals surface area contributed by atoms with Crippen LogP contribution in [-0.4, -0.2) is 17.2 Å². The number of ether oxygens (including phenoxy) is 1. The van der Waals surface area contributed by atoms with Crippen molar-refractivity contribution < 1.29 is 19.4 Å². The molecule has 2 aromatic rings. The highest BCUT2D eigenvalue weighted by atomic mass is 16.5. The number of hydrogen-bond acceptors (Lipinski definition) is 3. The van der Waals surface area contributed by atoms with E-state index < -0.39 is 12.1 Å². The number of carboxylic acid groups (broad SMARTS) is 1. The fourth-order valence-electron chi connectivity index (χ4n) is 2.56. The largest absolute Gasteiger partial charge is 0.481 e. The number of hydrogen-bond donors (Lipinski definition) is 2. The van der Waals surface area contributed by atoms with Crippen molar-refractivity contribution in [2.75, 3.05) is 5.32 Å². The lowest BCUT2D eigenvalue weighted by Gasteiger charge is -2.08. The van der Waals surface area contributed by atoms with Crippen molar-refractivity contribution in [1.82, 2.24) is 0 Å². The molecule has 1 amide bonds. The highest BCUT2D eigenvalue weighted by molar-refractivity contribution is 5.84. The summed E-state index contributed by atoms with van der Waals surface area (Å²) in [5.41, 5.74) is 2.45. The summed E-state index contributed by atoms with van der Waals surface area (Å²) in [5, 5.41) is 11.7. The molecular weight excluding hydrogens is 294 g/mol. The van der Waals surface area contributed by atoms with Crippen LogP contribution in [0.4, 0.5) is 10.5 Å². The van der Waals surface area contributed by atoms with Gasteiger partial charge >= 0.3 is 12.1 Å². The maximum atomic E-state index is 11.8. The molecule has 2 unspecified atom stereocenters. The average molecular weight is 311 g/mol. The van der Waals surface area contributed by atoms with Gasteiger partial charge < -0.3 is 9.84 Å². The Morgan fingerprint density at radius 1 is 1.13 bits per heavy atom. The van der Waals surface area contributed by atoms with Crippen molar-refractivity contribution in [3.05, 3.63) is 65.7 Å². The molecule has 5 heteroatoms. The molecule has 5 nitrogen and oxygen atoms in total. The molecule has 0 aliphatic heterocycles. The topological polar surface area (TPSA) is 75.6 Å². The van der Waals surface area contributed by atoms with Gasteiger partial charge in [0.05, 0.1) is 5.92 Å². The second-order valence-corrected chi connectivity index (χ2v) is 5.60. The smallest absolute Gasteiger partial charge is 0.411 e. The van der Waals surface area contributed by atoms with E-state index in [1.807, 2.05) is 36.4 Å². The normalized spacial score (nSPS) is 19.0. The maximum Gasteiger partial charge on any atom is 0.411 e. The van der Waals surface area contributed by atoms with E-state index in [1.54, 1.807) is 18.2 Å². The Hall–Kier alpha value is -2.82. The van der Waals surface area contributed by atoms with Gasteiger partial charge in [0.2, 0.25) is 0 Å². The van der Waals surface area contributed by atoms with E-state index in [1.165, 1.54) is 0 Å². The number of amides is 1. The minimum absolute atomic E-state index is 0.0367. The molecule has 2 N–H and O–H groups in total. The predicted molar refractivity (Wildman–Crippen MR) is 85.2 cm³/mol. The molecule has 1 aliphatic carbocycles. The summed E-state index contributed by atoms with van der Waals surface area (Å²) in [6.45, 7) is 0.204. The number of carboxylic acids is 1. The number of carbonyl (C=O) groups excluding carboxylic acids is 1. The molecule has 1 aliphatic rings. The minimum atomic E-state index is -0.768. The first kappa shape index (κ1) is 15.1. The van der Waals surface area contributed by atoms with Crippen LogP contribution in [0.15, 0.2) is 54.6 Å². The number of anilines is 1. The first-order valence-electron chi connectivity index (χ1n) is 7.44. The number of nitrogens with one attached hydrogen (secondary N) is 1. The zero-order chi connectivity index (χ0) is 16.2. The molecular formula is C18H17NO4. The van der Waals surface area contributed by atoms with Crippen LogP contribution in [0.25, 0.3) is 0 Å². The number of benzene rings is 2. The van der Waals surface area contributed by atoms with E-state index >= 15 is 0 Å². The van der Waals surface area contributed by atoms with Gasteiger partial charge in [0.1, 0.15) is 6.61 Å². The third kappa shape index (κ3) is 3.88. The van der Waals surface area contributed by atoms with Crippen LogP contribution in [-0.2, 0) is 16.1 Å². The molecule has 2 atom stereocenters. The van der Waals surface area contributed by atoms with Gasteiger partial charge in [-0.3, -0.25) is 10.1 Å². The standard InChI is InChI=1S/C18H17NO4/c20-17(21)16-10-15(16)13-7-4-8-14(9-13)19-18(22)23-11-12-5-2-1-3-6-12/h1-9,15-16H,10-11H2,(H,19,22)(H,20,21). The molecule has 0 heterocycles. The zero-order valence-electron chi connectivity index (χ0n) is 12.4. The molecule has 0 saturated heterocycles. The van der Waals surface area contributed by atoms with Gasteiger partial charge in [-0.1, -0.05) is 42.5 Å². The van der Waals surface area contributed by atoms with Crippen LogP contribution in [0.3, 0.4) is 0 Å². The molecule has 118 valence electrons. The van der Waals surface area contributed by atoms with Crippen LogP contribution < -0.4 is 5.32 Å². The van der Waals surface area contributed by atoms with Crippen molar-refractivity contribution >= 4 is 17.7 Å². The zero-order valence-corrected chi connectivity index (χ0v) is 12.4. The summed E-state index contributed by atoms with van der Waals surface area (Å²) in [7, 11) is 0. The minimum Gasteiger partial charge on any atom is -0.481 e. The van der Waals surface area contributed by atoms with Gasteiger partial charge in [-0.15, -0.1) is 0 Å².